The summed E-state index contributed by atoms with van der Waals surface area (Å²) in [6.45, 7) is -0.371. The van der Waals surface area contributed by atoms with E-state index in [2.05, 4.69) is 10.6 Å². The Labute approximate surface area is 153 Å². The number of carbonyl (C=O) groups is 2. The van der Waals surface area contributed by atoms with Crippen LogP contribution in [-0.2, 0) is 11.0 Å². The monoisotopic (exact) mass is 378 g/mol. The van der Waals surface area contributed by atoms with Gasteiger partial charge in [-0.1, -0.05) is 6.07 Å². The van der Waals surface area contributed by atoms with Crippen LogP contribution < -0.4 is 15.4 Å². The summed E-state index contributed by atoms with van der Waals surface area (Å²) in [5.41, 5.74) is -0.325. The number of hydrogen-bond acceptors (Lipinski definition) is 3. The van der Waals surface area contributed by atoms with E-state index in [0.717, 1.165) is 25.0 Å². The fraction of sp³-hybridized carbons (Fsp3) is 0.263. The highest BCUT2D eigenvalue weighted by molar-refractivity contribution is 5.94. The highest BCUT2D eigenvalue weighted by Gasteiger charge is 2.30. The van der Waals surface area contributed by atoms with Gasteiger partial charge in [0, 0.05) is 17.3 Å². The Morgan fingerprint density at radius 2 is 1.78 bits per heavy atom. The van der Waals surface area contributed by atoms with Gasteiger partial charge in [0.25, 0.3) is 11.8 Å². The minimum Gasteiger partial charge on any atom is -0.484 e. The van der Waals surface area contributed by atoms with Gasteiger partial charge in [-0.2, -0.15) is 13.2 Å². The van der Waals surface area contributed by atoms with Gasteiger partial charge in [0.1, 0.15) is 5.75 Å². The van der Waals surface area contributed by atoms with Crippen LogP contribution in [0.3, 0.4) is 0 Å². The van der Waals surface area contributed by atoms with Gasteiger partial charge in [0.05, 0.1) is 5.56 Å². The third kappa shape index (κ3) is 5.47. The number of nitrogens with one attached hydrogen (secondary N) is 2. The Morgan fingerprint density at radius 3 is 2.41 bits per heavy atom. The number of rotatable bonds is 6. The second-order valence-corrected chi connectivity index (χ2v) is 6.19. The summed E-state index contributed by atoms with van der Waals surface area (Å²) in [6, 6.07) is 10.9. The molecule has 0 bridgehead atoms. The van der Waals surface area contributed by atoms with Crippen LogP contribution in [0.2, 0.25) is 0 Å². The first-order valence-electron chi connectivity index (χ1n) is 8.32. The van der Waals surface area contributed by atoms with Crippen molar-refractivity contribution >= 4 is 17.5 Å². The number of carbonyl (C=O) groups excluding carboxylic acids is 2. The topological polar surface area (TPSA) is 67.4 Å². The zero-order valence-corrected chi connectivity index (χ0v) is 14.2. The van der Waals surface area contributed by atoms with Crippen molar-refractivity contribution in [3.8, 4) is 5.75 Å². The second kappa shape index (κ2) is 7.69. The van der Waals surface area contributed by atoms with Crippen molar-refractivity contribution in [1.29, 1.82) is 0 Å². The zero-order chi connectivity index (χ0) is 19.4. The Morgan fingerprint density at radius 1 is 1.07 bits per heavy atom. The molecule has 2 amide bonds. The van der Waals surface area contributed by atoms with Gasteiger partial charge < -0.3 is 15.4 Å². The van der Waals surface area contributed by atoms with Gasteiger partial charge in [0.15, 0.2) is 6.61 Å². The van der Waals surface area contributed by atoms with Crippen molar-refractivity contribution in [3.63, 3.8) is 0 Å². The standard InChI is InChI=1S/C19H17F3N2O3/c20-19(21,22)13-2-1-3-15(10-13)23-17(25)11-27-16-8-4-12(5-9-16)18(26)24-14-6-7-14/h1-5,8-10,14H,6-7,11H2,(H,23,25)(H,24,26). The maximum atomic E-state index is 12.7. The van der Waals surface area contributed by atoms with Crippen molar-refractivity contribution in [2.24, 2.45) is 0 Å². The molecule has 1 aliphatic rings. The molecule has 0 radical (unpaired) electrons. The fourth-order valence-corrected chi connectivity index (χ4v) is 2.32. The number of amides is 2. The number of hydrogen-bond donors (Lipinski definition) is 2. The predicted molar refractivity (Wildman–Crippen MR) is 92.5 cm³/mol. The SMILES string of the molecule is O=C(COc1ccc(C(=O)NC2CC2)cc1)Nc1cccc(C(F)(F)F)c1. The van der Waals surface area contributed by atoms with Crippen LogP contribution in [-0.4, -0.2) is 24.5 Å². The lowest BCUT2D eigenvalue weighted by atomic mass is 10.2. The van der Waals surface area contributed by atoms with Crippen LogP contribution in [0.15, 0.2) is 48.5 Å². The summed E-state index contributed by atoms with van der Waals surface area (Å²) < 4.78 is 43.3. The van der Waals surface area contributed by atoms with Gasteiger partial charge in [-0.15, -0.1) is 0 Å². The maximum Gasteiger partial charge on any atom is 0.416 e. The molecule has 8 heteroatoms. The van der Waals surface area contributed by atoms with E-state index in [1.807, 2.05) is 0 Å². The third-order valence-corrected chi connectivity index (χ3v) is 3.87. The highest BCUT2D eigenvalue weighted by Crippen LogP contribution is 2.30. The smallest absolute Gasteiger partial charge is 0.416 e. The van der Waals surface area contributed by atoms with Gasteiger partial charge in [-0.25, -0.2) is 0 Å². The van der Waals surface area contributed by atoms with Gasteiger partial charge in [-0.3, -0.25) is 9.59 Å². The molecule has 0 unspecified atom stereocenters. The average Bonchev–Trinajstić information content (AvgIpc) is 3.44. The Hall–Kier alpha value is -3.03. The molecule has 0 aliphatic heterocycles. The first-order chi connectivity index (χ1) is 12.8. The molecule has 2 N–H and O–H groups in total. The molecule has 1 aliphatic carbocycles. The number of ether oxygens (including phenoxy) is 1. The Bertz CT molecular complexity index is 831. The minimum absolute atomic E-state index is 0.0329. The molecule has 0 saturated heterocycles. The summed E-state index contributed by atoms with van der Waals surface area (Å²) in [7, 11) is 0. The van der Waals surface area contributed by atoms with E-state index in [9.17, 15) is 22.8 Å². The van der Waals surface area contributed by atoms with E-state index in [-0.39, 0.29) is 24.2 Å². The molecule has 1 saturated carbocycles. The summed E-state index contributed by atoms with van der Waals surface area (Å²) in [4.78, 5) is 23.7. The molecule has 5 nitrogen and oxygen atoms in total. The van der Waals surface area contributed by atoms with E-state index in [4.69, 9.17) is 4.74 Å². The lowest BCUT2D eigenvalue weighted by molar-refractivity contribution is -0.137. The number of halogens is 3. The van der Waals surface area contributed by atoms with Crippen LogP contribution in [0.25, 0.3) is 0 Å². The van der Waals surface area contributed by atoms with E-state index in [0.29, 0.717) is 11.3 Å². The van der Waals surface area contributed by atoms with Crippen molar-refractivity contribution in [2.45, 2.75) is 25.1 Å². The molecule has 0 heterocycles. The van der Waals surface area contributed by atoms with Crippen LogP contribution >= 0.6 is 0 Å². The first kappa shape index (κ1) is 18.8. The fourth-order valence-electron chi connectivity index (χ4n) is 2.32. The average molecular weight is 378 g/mol. The summed E-state index contributed by atoms with van der Waals surface area (Å²) in [5.74, 6) is -0.381. The molecule has 142 valence electrons. The third-order valence-electron chi connectivity index (χ3n) is 3.87. The number of alkyl halides is 3. The van der Waals surface area contributed by atoms with E-state index < -0.39 is 17.6 Å². The van der Waals surface area contributed by atoms with E-state index in [1.54, 1.807) is 24.3 Å². The largest absolute Gasteiger partial charge is 0.484 e. The molecule has 0 aromatic heterocycles. The molecular formula is C19H17F3N2O3. The second-order valence-electron chi connectivity index (χ2n) is 6.19. The summed E-state index contributed by atoms with van der Waals surface area (Å²) in [6.07, 6.45) is -2.49. The van der Waals surface area contributed by atoms with Crippen molar-refractivity contribution in [1.82, 2.24) is 5.32 Å². The van der Waals surface area contributed by atoms with Gasteiger partial charge in [-0.05, 0) is 55.3 Å². The maximum absolute atomic E-state index is 12.7. The quantitative estimate of drug-likeness (QED) is 0.807. The van der Waals surface area contributed by atoms with Gasteiger partial charge >= 0.3 is 6.18 Å². The number of anilines is 1. The zero-order valence-electron chi connectivity index (χ0n) is 14.2. The van der Waals surface area contributed by atoms with E-state index >= 15 is 0 Å². The Balaban J connectivity index is 1.51. The van der Waals surface area contributed by atoms with Crippen LogP contribution in [0.1, 0.15) is 28.8 Å². The van der Waals surface area contributed by atoms with Crippen molar-refractivity contribution < 1.29 is 27.5 Å². The lowest BCUT2D eigenvalue weighted by Crippen LogP contribution is -2.25. The molecule has 2 aromatic carbocycles. The van der Waals surface area contributed by atoms with Crippen LogP contribution in [0, 0.1) is 0 Å². The summed E-state index contributed by atoms with van der Waals surface area (Å²) >= 11 is 0. The molecule has 1 fully saturated rings. The number of benzene rings is 2. The molecule has 27 heavy (non-hydrogen) atoms. The Kier molecular flexibility index (Phi) is 5.34. The minimum atomic E-state index is -4.48. The van der Waals surface area contributed by atoms with E-state index in [1.165, 1.54) is 12.1 Å². The predicted octanol–water partition coefficient (Wildman–Crippen LogP) is 3.62. The highest BCUT2D eigenvalue weighted by atomic mass is 19.4. The molecule has 0 atom stereocenters. The molecule has 0 spiro atoms. The van der Waals surface area contributed by atoms with Crippen LogP contribution in [0.4, 0.5) is 18.9 Å². The normalized spacial score (nSPS) is 13.7. The molecule has 3 rings (SSSR count). The van der Waals surface area contributed by atoms with Crippen molar-refractivity contribution in [2.75, 3.05) is 11.9 Å². The first-order valence-corrected chi connectivity index (χ1v) is 8.32. The molecule has 2 aromatic rings. The van der Waals surface area contributed by atoms with Gasteiger partial charge in [0.2, 0.25) is 0 Å². The molecular weight excluding hydrogens is 361 g/mol. The summed E-state index contributed by atoms with van der Waals surface area (Å²) in [5, 5.41) is 5.21. The van der Waals surface area contributed by atoms with Crippen molar-refractivity contribution in [3.05, 3.63) is 59.7 Å². The lowest BCUT2D eigenvalue weighted by Gasteiger charge is -2.11. The van der Waals surface area contributed by atoms with Crippen LogP contribution in [0.5, 0.6) is 5.75 Å².